The number of aliphatic hydroxyl groups excluding tert-OH is 1. The Balaban J connectivity index is 2.50. The molecule has 0 aliphatic rings. The molecule has 0 unspecified atom stereocenters. The van der Waals surface area contributed by atoms with Gasteiger partial charge >= 0.3 is 0 Å². The van der Waals surface area contributed by atoms with Crippen LogP contribution in [0.5, 0.6) is 0 Å². The van der Waals surface area contributed by atoms with Crippen molar-refractivity contribution in [1.82, 2.24) is 4.90 Å². The van der Waals surface area contributed by atoms with Crippen molar-refractivity contribution < 1.29 is 5.11 Å². The fourth-order valence-corrected chi connectivity index (χ4v) is 2.66. The first-order chi connectivity index (χ1) is 7.13. The standard InChI is InChI=1S/C11H18BrNOS/c1-9(2)13(4-3-5-14)7-10-6-11(12)15-8-10/h6,8-9,14H,3-5,7H2,1-2H3. The van der Waals surface area contributed by atoms with Crippen molar-refractivity contribution in [2.75, 3.05) is 13.2 Å². The first-order valence-electron chi connectivity index (χ1n) is 5.21. The molecule has 86 valence electrons. The van der Waals surface area contributed by atoms with Gasteiger partial charge in [0.15, 0.2) is 0 Å². The van der Waals surface area contributed by atoms with Gasteiger partial charge in [-0.15, -0.1) is 11.3 Å². The highest BCUT2D eigenvalue weighted by Crippen LogP contribution is 2.22. The molecule has 1 heterocycles. The maximum absolute atomic E-state index is 8.84. The molecule has 1 N–H and O–H groups in total. The lowest BCUT2D eigenvalue weighted by atomic mass is 10.2. The van der Waals surface area contributed by atoms with Gasteiger partial charge in [-0.3, -0.25) is 4.90 Å². The molecule has 4 heteroatoms. The average Bonchev–Trinajstić information content (AvgIpc) is 2.58. The number of nitrogens with zero attached hydrogens (tertiary/aromatic N) is 1. The van der Waals surface area contributed by atoms with E-state index in [0.29, 0.717) is 6.04 Å². The Morgan fingerprint density at radius 1 is 1.53 bits per heavy atom. The van der Waals surface area contributed by atoms with Crippen LogP contribution in [0.3, 0.4) is 0 Å². The predicted molar refractivity (Wildman–Crippen MR) is 69.3 cm³/mol. The third-order valence-electron chi connectivity index (χ3n) is 2.34. The van der Waals surface area contributed by atoms with E-state index in [1.165, 1.54) is 9.35 Å². The van der Waals surface area contributed by atoms with Crippen LogP contribution in [0.1, 0.15) is 25.8 Å². The van der Waals surface area contributed by atoms with Crippen molar-refractivity contribution in [3.05, 3.63) is 20.8 Å². The Hall–Kier alpha value is 0.100. The van der Waals surface area contributed by atoms with Crippen LogP contribution >= 0.6 is 27.3 Å². The highest BCUT2D eigenvalue weighted by molar-refractivity contribution is 9.11. The summed E-state index contributed by atoms with van der Waals surface area (Å²) in [7, 11) is 0. The van der Waals surface area contributed by atoms with E-state index in [4.69, 9.17) is 5.11 Å². The fraction of sp³-hybridized carbons (Fsp3) is 0.636. The minimum absolute atomic E-state index is 0.274. The molecule has 0 aromatic carbocycles. The van der Waals surface area contributed by atoms with Gasteiger partial charge in [0.1, 0.15) is 0 Å². The molecule has 1 aromatic rings. The van der Waals surface area contributed by atoms with Gasteiger partial charge in [0.2, 0.25) is 0 Å². The van der Waals surface area contributed by atoms with Crippen molar-refractivity contribution in [2.24, 2.45) is 0 Å². The molecule has 0 radical (unpaired) electrons. The Morgan fingerprint density at radius 3 is 2.73 bits per heavy atom. The minimum atomic E-state index is 0.274. The van der Waals surface area contributed by atoms with Gasteiger partial charge in [0.05, 0.1) is 3.79 Å². The van der Waals surface area contributed by atoms with E-state index in [9.17, 15) is 0 Å². The molecule has 0 aliphatic carbocycles. The van der Waals surface area contributed by atoms with Crippen LogP contribution in [0.2, 0.25) is 0 Å². The van der Waals surface area contributed by atoms with Crippen LogP contribution in [-0.2, 0) is 6.54 Å². The van der Waals surface area contributed by atoms with E-state index in [1.54, 1.807) is 11.3 Å². The number of halogens is 1. The molecule has 2 nitrogen and oxygen atoms in total. The number of rotatable bonds is 6. The second-order valence-electron chi connectivity index (χ2n) is 3.90. The maximum Gasteiger partial charge on any atom is 0.0701 e. The van der Waals surface area contributed by atoms with Crippen LogP contribution in [0.25, 0.3) is 0 Å². The molecule has 0 amide bonds. The lowest BCUT2D eigenvalue weighted by molar-refractivity contribution is 0.185. The lowest BCUT2D eigenvalue weighted by Crippen LogP contribution is -2.31. The molecule has 0 fully saturated rings. The van der Waals surface area contributed by atoms with Crippen LogP contribution in [0.15, 0.2) is 15.2 Å². The normalized spacial score (nSPS) is 11.6. The zero-order valence-corrected chi connectivity index (χ0v) is 11.6. The maximum atomic E-state index is 8.84. The summed E-state index contributed by atoms with van der Waals surface area (Å²) >= 11 is 5.19. The van der Waals surface area contributed by atoms with E-state index >= 15 is 0 Å². The summed E-state index contributed by atoms with van der Waals surface area (Å²) in [5, 5.41) is 11.0. The summed E-state index contributed by atoms with van der Waals surface area (Å²) in [5.74, 6) is 0. The van der Waals surface area contributed by atoms with E-state index in [1.807, 2.05) is 0 Å². The summed E-state index contributed by atoms with van der Waals surface area (Å²) in [4.78, 5) is 2.38. The molecule has 1 rings (SSSR count). The molecule has 0 saturated carbocycles. The van der Waals surface area contributed by atoms with E-state index in [2.05, 4.69) is 46.1 Å². The fourth-order valence-electron chi connectivity index (χ4n) is 1.46. The van der Waals surface area contributed by atoms with Crippen molar-refractivity contribution in [3.63, 3.8) is 0 Å². The van der Waals surface area contributed by atoms with Crippen molar-refractivity contribution in [3.8, 4) is 0 Å². The second kappa shape index (κ2) is 6.63. The zero-order chi connectivity index (χ0) is 11.3. The summed E-state index contributed by atoms with van der Waals surface area (Å²) in [5.41, 5.74) is 1.35. The Morgan fingerprint density at radius 2 is 2.27 bits per heavy atom. The van der Waals surface area contributed by atoms with Crippen molar-refractivity contribution >= 4 is 27.3 Å². The van der Waals surface area contributed by atoms with Crippen LogP contribution < -0.4 is 0 Å². The number of hydrogen-bond donors (Lipinski definition) is 1. The van der Waals surface area contributed by atoms with Gasteiger partial charge in [0.25, 0.3) is 0 Å². The van der Waals surface area contributed by atoms with E-state index in [-0.39, 0.29) is 6.61 Å². The number of thiophene rings is 1. The third-order valence-corrected chi connectivity index (χ3v) is 3.89. The molecular formula is C11H18BrNOS. The Kier molecular flexibility index (Phi) is 5.82. The highest BCUT2D eigenvalue weighted by atomic mass is 79.9. The molecule has 0 atom stereocenters. The monoisotopic (exact) mass is 291 g/mol. The molecule has 0 spiro atoms. The second-order valence-corrected chi connectivity index (χ2v) is 6.19. The third kappa shape index (κ3) is 4.64. The molecule has 0 saturated heterocycles. The lowest BCUT2D eigenvalue weighted by Gasteiger charge is -2.25. The number of aliphatic hydroxyl groups is 1. The first-order valence-corrected chi connectivity index (χ1v) is 6.88. The van der Waals surface area contributed by atoms with Gasteiger partial charge in [-0.25, -0.2) is 0 Å². The molecule has 1 aromatic heterocycles. The number of hydrogen-bond acceptors (Lipinski definition) is 3. The Labute approximate surface area is 104 Å². The van der Waals surface area contributed by atoms with Gasteiger partial charge in [0, 0.05) is 25.7 Å². The first kappa shape index (κ1) is 13.2. The van der Waals surface area contributed by atoms with E-state index in [0.717, 1.165) is 19.5 Å². The zero-order valence-electron chi connectivity index (χ0n) is 9.24. The van der Waals surface area contributed by atoms with Gasteiger partial charge in [-0.05, 0) is 53.2 Å². The highest BCUT2D eigenvalue weighted by Gasteiger charge is 2.10. The Bertz CT molecular complexity index is 288. The van der Waals surface area contributed by atoms with Gasteiger partial charge in [-0.1, -0.05) is 0 Å². The van der Waals surface area contributed by atoms with Crippen molar-refractivity contribution in [2.45, 2.75) is 32.9 Å². The minimum Gasteiger partial charge on any atom is -0.396 e. The summed E-state index contributed by atoms with van der Waals surface area (Å²) in [6.45, 7) is 6.59. The smallest absolute Gasteiger partial charge is 0.0701 e. The quantitative estimate of drug-likeness (QED) is 0.871. The predicted octanol–water partition coefficient (Wildman–Crippen LogP) is 3.10. The molecule has 0 aliphatic heterocycles. The van der Waals surface area contributed by atoms with E-state index < -0.39 is 0 Å². The topological polar surface area (TPSA) is 23.5 Å². The van der Waals surface area contributed by atoms with Crippen LogP contribution in [0, 0.1) is 0 Å². The van der Waals surface area contributed by atoms with Gasteiger partial charge in [-0.2, -0.15) is 0 Å². The SMILES string of the molecule is CC(C)N(CCCO)Cc1csc(Br)c1. The summed E-state index contributed by atoms with van der Waals surface area (Å²) in [6, 6.07) is 2.69. The molecule has 0 bridgehead atoms. The molecule has 15 heavy (non-hydrogen) atoms. The van der Waals surface area contributed by atoms with Crippen molar-refractivity contribution in [1.29, 1.82) is 0 Å². The summed E-state index contributed by atoms with van der Waals surface area (Å²) in [6.07, 6.45) is 0.851. The van der Waals surface area contributed by atoms with Gasteiger partial charge < -0.3 is 5.11 Å². The largest absolute Gasteiger partial charge is 0.396 e. The van der Waals surface area contributed by atoms with Crippen LogP contribution in [-0.4, -0.2) is 29.2 Å². The van der Waals surface area contributed by atoms with Crippen LogP contribution in [0.4, 0.5) is 0 Å². The molecular weight excluding hydrogens is 274 g/mol. The average molecular weight is 292 g/mol. The summed E-state index contributed by atoms with van der Waals surface area (Å²) < 4.78 is 1.18.